The Balaban J connectivity index is 0. The third kappa shape index (κ3) is 12.5. The molecule has 0 atom stereocenters. The van der Waals surface area contributed by atoms with Gasteiger partial charge in [-0.25, -0.2) is 0 Å². The summed E-state index contributed by atoms with van der Waals surface area (Å²) in [6, 6.07) is 16.9. The molecule has 0 aliphatic heterocycles. The van der Waals surface area contributed by atoms with Crippen molar-refractivity contribution in [2.45, 2.75) is 53.9 Å². The van der Waals surface area contributed by atoms with E-state index in [0.717, 1.165) is 44.4 Å². The number of hydrogen-bond acceptors (Lipinski definition) is 3. The van der Waals surface area contributed by atoms with Crippen molar-refractivity contribution >= 4 is 11.3 Å². The van der Waals surface area contributed by atoms with Gasteiger partial charge in [0.1, 0.15) is 5.75 Å². The highest BCUT2D eigenvalue weighted by Gasteiger charge is 2.18. The molecule has 0 spiro atoms. The van der Waals surface area contributed by atoms with Crippen LogP contribution in [0.15, 0.2) is 72.3 Å². The topological polar surface area (TPSA) is 41.8 Å². The monoisotopic (exact) mass is 449 g/mol. The first-order chi connectivity index (χ1) is 16.1. The Kier molecular flexibility index (Phi) is 21.5. The van der Waals surface area contributed by atoms with E-state index in [2.05, 4.69) is 85.4 Å². The Labute approximate surface area is 202 Å². The fourth-order valence-corrected chi connectivity index (χ4v) is 3.01. The van der Waals surface area contributed by atoms with Crippen molar-refractivity contribution in [2.75, 3.05) is 20.8 Å². The van der Waals surface area contributed by atoms with Crippen LogP contribution in [-0.4, -0.2) is 31.6 Å². The molecular weight excluding hydrogens is 406 g/mol. The lowest BCUT2D eigenvalue weighted by Gasteiger charge is -2.09. The summed E-state index contributed by atoms with van der Waals surface area (Å²) in [5.41, 5.74) is 6.28. The van der Waals surface area contributed by atoms with Crippen molar-refractivity contribution in [3.63, 3.8) is 0 Å². The zero-order chi connectivity index (χ0) is 25.5. The molecule has 0 radical (unpaired) electrons. The van der Waals surface area contributed by atoms with Crippen LogP contribution in [0.2, 0.25) is 0 Å². The SMILES string of the molecule is C#CC.C=CC.CC.CCC1=CC(=NC)c2cc(OCCCc3ccccc3)ccc21.CO. The number of allylic oxidation sites excluding steroid dienone is 3. The highest BCUT2D eigenvalue weighted by atomic mass is 16.5. The van der Waals surface area contributed by atoms with E-state index in [1.54, 1.807) is 13.0 Å². The van der Waals surface area contributed by atoms with Crippen molar-refractivity contribution in [2.24, 2.45) is 4.99 Å². The normalized spacial score (nSPS) is 11.2. The lowest BCUT2D eigenvalue weighted by molar-refractivity contribution is 0.311. The number of fused-ring (bicyclic) bond motifs is 1. The highest BCUT2D eigenvalue weighted by Crippen LogP contribution is 2.32. The van der Waals surface area contributed by atoms with Crippen LogP contribution in [0.25, 0.3) is 5.57 Å². The first-order valence-electron chi connectivity index (χ1n) is 11.5. The summed E-state index contributed by atoms with van der Waals surface area (Å²) in [6.45, 7) is 13.8. The minimum atomic E-state index is 0.736. The second-order valence-corrected chi connectivity index (χ2v) is 6.47. The van der Waals surface area contributed by atoms with Crippen molar-refractivity contribution in [3.05, 3.63) is 84.0 Å². The molecule has 0 heterocycles. The summed E-state index contributed by atoms with van der Waals surface area (Å²) in [6.07, 6.45) is 11.6. The number of aryl methyl sites for hydroxylation is 1. The fraction of sp³-hybridized carbons (Fsp3) is 0.367. The Morgan fingerprint density at radius 1 is 1.09 bits per heavy atom. The molecule has 1 aliphatic rings. The zero-order valence-electron chi connectivity index (χ0n) is 21.7. The van der Waals surface area contributed by atoms with Crippen LogP contribution in [0.4, 0.5) is 0 Å². The second-order valence-electron chi connectivity index (χ2n) is 6.47. The molecule has 1 N–H and O–H groups in total. The first kappa shape index (κ1) is 32.1. The van der Waals surface area contributed by atoms with Crippen LogP contribution in [-0.2, 0) is 6.42 Å². The van der Waals surface area contributed by atoms with Gasteiger partial charge < -0.3 is 9.84 Å². The van der Waals surface area contributed by atoms with E-state index in [1.807, 2.05) is 27.8 Å². The number of aliphatic imine (C=N–C) groups is 1. The summed E-state index contributed by atoms with van der Waals surface area (Å²) >= 11 is 0. The lowest BCUT2D eigenvalue weighted by Crippen LogP contribution is -2.01. The van der Waals surface area contributed by atoms with Gasteiger partial charge in [0.2, 0.25) is 0 Å². The van der Waals surface area contributed by atoms with Crippen molar-refractivity contribution in [3.8, 4) is 18.1 Å². The molecule has 1 aliphatic carbocycles. The van der Waals surface area contributed by atoms with E-state index in [9.17, 15) is 0 Å². The zero-order valence-corrected chi connectivity index (χ0v) is 21.7. The Morgan fingerprint density at radius 2 is 1.67 bits per heavy atom. The molecule has 0 amide bonds. The van der Waals surface area contributed by atoms with Gasteiger partial charge >= 0.3 is 0 Å². The number of hydrogen-bond donors (Lipinski definition) is 1. The van der Waals surface area contributed by atoms with Gasteiger partial charge in [-0.05, 0) is 68.0 Å². The van der Waals surface area contributed by atoms with Crippen molar-refractivity contribution in [1.82, 2.24) is 0 Å². The van der Waals surface area contributed by atoms with E-state index in [1.165, 1.54) is 22.3 Å². The predicted octanol–water partition coefficient (Wildman–Crippen LogP) is 7.39. The molecule has 0 saturated carbocycles. The Hall–Kier alpha value is -3.09. The van der Waals surface area contributed by atoms with Gasteiger partial charge in [-0.2, -0.15) is 0 Å². The van der Waals surface area contributed by atoms with Crippen LogP contribution in [0.1, 0.15) is 64.2 Å². The maximum absolute atomic E-state index is 7.00. The first-order valence-corrected chi connectivity index (χ1v) is 11.5. The van der Waals surface area contributed by atoms with Gasteiger partial charge in [0.15, 0.2) is 0 Å². The molecule has 0 saturated heterocycles. The standard InChI is InChI=1S/C21H23NO.C3H6.C3H4.C2H6.CH4O/c1-3-17-14-21(22-2)20-15-18(11-12-19(17)20)23-13-7-10-16-8-5-4-6-9-16;2*1-3-2;2*1-2/h4-6,8-9,11-12,14-15H,3,7,10,13H2,1-2H3;3H,1H2,2H3;1H,2H3;1-2H3;2H,1H3. The average molecular weight is 450 g/mol. The van der Waals surface area contributed by atoms with Gasteiger partial charge in [-0.15, -0.1) is 18.9 Å². The number of aliphatic hydroxyl groups excluding tert-OH is 1. The van der Waals surface area contributed by atoms with Crippen LogP contribution in [0.3, 0.4) is 0 Å². The quantitative estimate of drug-likeness (QED) is 0.284. The molecule has 2 aromatic rings. The Bertz CT molecular complexity index is 859. The number of terminal acetylenes is 1. The van der Waals surface area contributed by atoms with Crippen molar-refractivity contribution < 1.29 is 9.84 Å². The largest absolute Gasteiger partial charge is 0.494 e. The van der Waals surface area contributed by atoms with Gasteiger partial charge in [-0.1, -0.05) is 63.2 Å². The van der Waals surface area contributed by atoms with E-state index in [-0.39, 0.29) is 0 Å². The summed E-state index contributed by atoms with van der Waals surface area (Å²) in [4.78, 5) is 4.39. The third-order valence-corrected chi connectivity index (χ3v) is 4.27. The molecule has 0 fully saturated rings. The average Bonchev–Trinajstić information content (AvgIpc) is 3.23. The van der Waals surface area contributed by atoms with E-state index in [4.69, 9.17) is 9.84 Å². The second kappa shape index (κ2) is 22.1. The molecule has 3 heteroatoms. The number of benzene rings is 2. The summed E-state index contributed by atoms with van der Waals surface area (Å²) in [5.74, 6) is 3.18. The van der Waals surface area contributed by atoms with Crippen LogP contribution < -0.4 is 4.74 Å². The number of rotatable bonds is 6. The maximum Gasteiger partial charge on any atom is 0.120 e. The Morgan fingerprint density at radius 3 is 2.18 bits per heavy atom. The molecule has 2 aromatic carbocycles. The molecule has 3 nitrogen and oxygen atoms in total. The van der Waals surface area contributed by atoms with Crippen LogP contribution in [0.5, 0.6) is 5.75 Å². The van der Waals surface area contributed by atoms with Crippen molar-refractivity contribution in [1.29, 1.82) is 0 Å². The summed E-state index contributed by atoms with van der Waals surface area (Å²) in [7, 11) is 2.85. The molecular formula is C30H43NO2. The van der Waals surface area contributed by atoms with Gasteiger partial charge in [0, 0.05) is 19.7 Å². The minimum absolute atomic E-state index is 0.736. The minimum Gasteiger partial charge on any atom is -0.494 e. The maximum atomic E-state index is 7.00. The molecule has 33 heavy (non-hydrogen) atoms. The highest BCUT2D eigenvalue weighted by molar-refractivity contribution is 6.19. The smallest absolute Gasteiger partial charge is 0.120 e. The molecule has 0 bridgehead atoms. The molecule has 0 unspecified atom stereocenters. The van der Waals surface area contributed by atoms with E-state index in [0.29, 0.717) is 0 Å². The van der Waals surface area contributed by atoms with E-state index >= 15 is 0 Å². The summed E-state index contributed by atoms with van der Waals surface area (Å²) < 4.78 is 5.94. The summed E-state index contributed by atoms with van der Waals surface area (Å²) in [5, 5.41) is 7.00. The molecule has 0 aromatic heterocycles. The lowest BCUT2D eigenvalue weighted by atomic mass is 10.0. The van der Waals surface area contributed by atoms with Gasteiger partial charge in [-0.3, -0.25) is 4.99 Å². The molecule has 3 rings (SSSR count). The number of aliphatic hydroxyl groups is 1. The number of nitrogens with zero attached hydrogens (tertiary/aromatic N) is 1. The fourth-order valence-electron chi connectivity index (χ4n) is 3.01. The number of ether oxygens (including phenoxy) is 1. The third-order valence-electron chi connectivity index (χ3n) is 4.27. The van der Waals surface area contributed by atoms with E-state index < -0.39 is 0 Å². The van der Waals surface area contributed by atoms with Gasteiger partial charge in [0.25, 0.3) is 0 Å². The van der Waals surface area contributed by atoms with Gasteiger partial charge in [0.05, 0.1) is 12.3 Å². The van der Waals surface area contributed by atoms with Crippen LogP contribution >= 0.6 is 0 Å². The molecule has 180 valence electrons. The predicted molar refractivity (Wildman–Crippen MR) is 147 cm³/mol. The van der Waals surface area contributed by atoms with Crippen LogP contribution in [0, 0.1) is 12.3 Å².